The van der Waals surface area contributed by atoms with Crippen molar-refractivity contribution >= 4 is 40.7 Å². The second kappa shape index (κ2) is 7.33. The third-order valence-electron chi connectivity index (χ3n) is 3.70. The van der Waals surface area contributed by atoms with Gasteiger partial charge in [0.2, 0.25) is 0 Å². The van der Waals surface area contributed by atoms with Crippen LogP contribution < -0.4 is 5.73 Å². The lowest BCUT2D eigenvalue weighted by atomic mass is 10.1. The minimum Gasteiger partial charge on any atom is -0.382 e. The number of benzene rings is 2. The van der Waals surface area contributed by atoms with Gasteiger partial charge in [0.05, 0.1) is 11.3 Å². The summed E-state index contributed by atoms with van der Waals surface area (Å²) in [6.07, 6.45) is 1.50. The molecular weight excluding hydrogens is 369 g/mol. The quantitative estimate of drug-likeness (QED) is 0.667. The fourth-order valence-corrected chi connectivity index (χ4v) is 2.95. The van der Waals surface area contributed by atoms with Gasteiger partial charge < -0.3 is 5.73 Å². The number of hydrogen-bond donors (Lipinski definition) is 1. The lowest BCUT2D eigenvalue weighted by molar-refractivity contribution is 0.885. The lowest BCUT2D eigenvalue weighted by Gasteiger charge is -2.03. The van der Waals surface area contributed by atoms with Crippen molar-refractivity contribution in [1.29, 1.82) is 10.5 Å². The molecule has 0 radical (unpaired) electrons. The average Bonchev–Trinajstić information content (AvgIpc) is 2.98. The molecule has 1 aromatic heterocycles. The summed E-state index contributed by atoms with van der Waals surface area (Å²) in [7, 11) is 0. The maximum Gasteiger partial charge on any atom is 0.145 e. The van der Waals surface area contributed by atoms with Crippen LogP contribution in [0.3, 0.4) is 0 Å². The number of aromatic nitrogens is 2. The van der Waals surface area contributed by atoms with E-state index in [0.29, 0.717) is 21.3 Å². The Balaban J connectivity index is 2.21. The van der Waals surface area contributed by atoms with Crippen LogP contribution in [0.2, 0.25) is 10.0 Å². The van der Waals surface area contributed by atoms with Crippen LogP contribution in [0, 0.1) is 22.7 Å². The van der Waals surface area contributed by atoms with Gasteiger partial charge in [-0.05, 0) is 30.3 Å². The van der Waals surface area contributed by atoms with E-state index in [9.17, 15) is 10.5 Å². The molecule has 0 atom stereocenters. The number of hydrogen-bond acceptors (Lipinski definition) is 4. The summed E-state index contributed by atoms with van der Waals surface area (Å²) in [4.78, 5) is 0. The summed E-state index contributed by atoms with van der Waals surface area (Å²) in [5.41, 5.74) is 7.66. The fourth-order valence-electron chi connectivity index (χ4n) is 2.44. The topological polar surface area (TPSA) is 91.4 Å². The van der Waals surface area contributed by atoms with Gasteiger partial charge in [-0.15, -0.1) is 0 Å². The number of allylic oxidation sites excluding steroid dienone is 1. The highest BCUT2D eigenvalue weighted by Gasteiger charge is 2.20. The van der Waals surface area contributed by atoms with Crippen molar-refractivity contribution < 1.29 is 0 Å². The van der Waals surface area contributed by atoms with Crippen molar-refractivity contribution in [2.24, 2.45) is 0 Å². The third kappa shape index (κ3) is 3.14. The third-order valence-corrected chi connectivity index (χ3v) is 4.36. The maximum absolute atomic E-state index is 9.61. The predicted molar refractivity (Wildman–Crippen MR) is 103 cm³/mol. The number of nitrogens with two attached hydrogens (primary N) is 1. The fraction of sp³-hybridized carbons (Fsp3) is 0. The highest BCUT2D eigenvalue weighted by molar-refractivity contribution is 6.37. The van der Waals surface area contributed by atoms with Gasteiger partial charge in [0.25, 0.3) is 0 Å². The molecule has 0 aliphatic rings. The van der Waals surface area contributed by atoms with E-state index in [4.69, 9.17) is 28.9 Å². The molecule has 26 heavy (non-hydrogen) atoms. The summed E-state index contributed by atoms with van der Waals surface area (Å²) < 4.78 is 1.42. The van der Waals surface area contributed by atoms with E-state index < -0.39 is 0 Å². The zero-order valence-corrected chi connectivity index (χ0v) is 14.8. The number of nitriles is 2. The molecule has 0 saturated heterocycles. The van der Waals surface area contributed by atoms with E-state index >= 15 is 0 Å². The molecule has 2 N–H and O–H groups in total. The minimum absolute atomic E-state index is 0.116. The van der Waals surface area contributed by atoms with Gasteiger partial charge >= 0.3 is 0 Å². The van der Waals surface area contributed by atoms with Crippen LogP contribution in [-0.4, -0.2) is 9.78 Å². The number of halogens is 2. The van der Waals surface area contributed by atoms with Crippen molar-refractivity contribution in [3.05, 3.63) is 75.4 Å². The van der Waals surface area contributed by atoms with Crippen LogP contribution in [0.5, 0.6) is 0 Å². The molecular formula is C19H11Cl2N5. The smallest absolute Gasteiger partial charge is 0.145 e. The van der Waals surface area contributed by atoms with E-state index in [1.165, 1.54) is 10.8 Å². The summed E-state index contributed by atoms with van der Waals surface area (Å²) in [6, 6.07) is 18.2. The molecule has 0 saturated carbocycles. The standard InChI is InChI=1S/C19H11Cl2N5/c20-16-7-4-8-17(21)14(16)9-12(10-22)18-15(11-23)19(24)26(25-18)13-5-2-1-3-6-13/h1-9H,24H2/b12-9-. The average molecular weight is 380 g/mol. The van der Waals surface area contributed by atoms with Gasteiger partial charge in [0.1, 0.15) is 29.2 Å². The summed E-state index contributed by atoms with van der Waals surface area (Å²) in [5, 5.41) is 24.3. The summed E-state index contributed by atoms with van der Waals surface area (Å²) in [6.45, 7) is 0. The number of anilines is 1. The molecule has 7 heteroatoms. The van der Waals surface area contributed by atoms with E-state index in [2.05, 4.69) is 5.10 Å². The van der Waals surface area contributed by atoms with Crippen LogP contribution in [0.4, 0.5) is 5.82 Å². The Hall–Kier alpha value is -3.25. The Labute approximate surface area is 160 Å². The first kappa shape index (κ1) is 17.6. The number of nitrogen functional groups attached to an aromatic ring is 1. The molecule has 0 fully saturated rings. The lowest BCUT2D eigenvalue weighted by Crippen LogP contribution is -2.02. The van der Waals surface area contributed by atoms with Gasteiger partial charge in [-0.2, -0.15) is 15.6 Å². The Kier molecular flexibility index (Phi) is 4.95. The van der Waals surface area contributed by atoms with Gasteiger partial charge in [-0.3, -0.25) is 0 Å². The summed E-state index contributed by atoms with van der Waals surface area (Å²) in [5.74, 6) is 0.153. The molecule has 0 amide bonds. The normalized spacial score (nSPS) is 11.0. The molecule has 0 unspecified atom stereocenters. The van der Waals surface area contributed by atoms with Crippen molar-refractivity contribution in [2.45, 2.75) is 0 Å². The predicted octanol–water partition coefficient (Wildman–Crippen LogP) is 4.70. The second-order valence-electron chi connectivity index (χ2n) is 5.27. The largest absolute Gasteiger partial charge is 0.382 e. The number of nitrogens with zero attached hydrogens (tertiary/aromatic N) is 4. The highest BCUT2D eigenvalue weighted by Crippen LogP contribution is 2.31. The van der Waals surface area contributed by atoms with Crippen molar-refractivity contribution in [3.63, 3.8) is 0 Å². The number of para-hydroxylation sites is 1. The maximum atomic E-state index is 9.61. The Morgan fingerprint density at radius 3 is 2.27 bits per heavy atom. The van der Waals surface area contributed by atoms with Crippen LogP contribution in [0.1, 0.15) is 16.8 Å². The Morgan fingerprint density at radius 1 is 1.04 bits per heavy atom. The molecule has 0 spiro atoms. The molecule has 0 aliphatic carbocycles. The molecule has 126 valence electrons. The van der Waals surface area contributed by atoms with E-state index in [-0.39, 0.29) is 22.6 Å². The SMILES string of the molecule is N#C/C(=C/c1c(Cl)cccc1Cl)c1nn(-c2ccccc2)c(N)c1C#N. The van der Waals surface area contributed by atoms with Gasteiger partial charge in [-0.25, -0.2) is 4.68 Å². The van der Waals surface area contributed by atoms with E-state index in [0.717, 1.165) is 0 Å². The van der Waals surface area contributed by atoms with Crippen LogP contribution >= 0.6 is 23.2 Å². The molecule has 1 heterocycles. The van der Waals surface area contributed by atoms with E-state index in [1.54, 1.807) is 30.3 Å². The molecule has 3 rings (SSSR count). The molecule has 3 aromatic rings. The molecule has 2 aromatic carbocycles. The van der Waals surface area contributed by atoms with Crippen molar-refractivity contribution in [3.8, 4) is 17.8 Å². The van der Waals surface area contributed by atoms with Crippen molar-refractivity contribution in [2.75, 3.05) is 5.73 Å². The zero-order valence-electron chi connectivity index (χ0n) is 13.3. The Bertz CT molecular complexity index is 1070. The van der Waals surface area contributed by atoms with Gasteiger partial charge in [0.15, 0.2) is 0 Å². The first-order valence-electron chi connectivity index (χ1n) is 7.47. The minimum atomic E-state index is 0.116. The van der Waals surface area contributed by atoms with Gasteiger partial charge in [-0.1, -0.05) is 47.5 Å². The van der Waals surface area contributed by atoms with Crippen LogP contribution in [0.25, 0.3) is 17.3 Å². The Morgan fingerprint density at radius 2 is 1.69 bits per heavy atom. The first-order valence-corrected chi connectivity index (χ1v) is 8.22. The van der Waals surface area contributed by atoms with Gasteiger partial charge in [0, 0.05) is 15.6 Å². The molecule has 0 bridgehead atoms. The summed E-state index contributed by atoms with van der Waals surface area (Å²) >= 11 is 12.3. The first-order chi connectivity index (χ1) is 12.6. The van der Waals surface area contributed by atoms with Crippen LogP contribution in [0.15, 0.2) is 48.5 Å². The second-order valence-corrected chi connectivity index (χ2v) is 6.09. The zero-order chi connectivity index (χ0) is 18.7. The highest BCUT2D eigenvalue weighted by atomic mass is 35.5. The van der Waals surface area contributed by atoms with Crippen molar-refractivity contribution in [1.82, 2.24) is 9.78 Å². The number of rotatable bonds is 3. The molecule has 0 aliphatic heterocycles. The van der Waals surface area contributed by atoms with Crippen LogP contribution in [-0.2, 0) is 0 Å². The van der Waals surface area contributed by atoms with E-state index in [1.807, 2.05) is 30.3 Å². The molecule has 5 nitrogen and oxygen atoms in total. The monoisotopic (exact) mass is 379 g/mol.